The lowest BCUT2D eigenvalue weighted by molar-refractivity contribution is -0.384. The number of nitrogens with one attached hydrogen (secondary N) is 1. The van der Waals surface area contributed by atoms with Crippen LogP contribution in [0.1, 0.15) is 24.6 Å². The van der Waals surface area contributed by atoms with Gasteiger partial charge in [-0.2, -0.15) is 0 Å². The molecule has 0 bridgehead atoms. The summed E-state index contributed by atoms with van der Waals surface area (Å²) in [5.74, 6) is -0.531. The molecule has 2 rings (SSSR count). The van der Waals surface area contributed by atoms with Gasteiger partial charge in [0.2, 0.25) is 0 Å². The summed E-state index contributed by atoms with van der Waals surface area (Å²) in [6.07, 6.45) is 0.290. The van der Waals surface area contributed by atoms with Gasteiger partial charge >= 0.3 is 5.97 Å². The largest absolute Gasteiger partial charge is 0.469 e. The van der Waals surface area contributed by atoms with Gasteiger partial charge in [0.15, 0.2) is 0 Å². The highest BCUT2D eigenvalue weighted by atomic mass is 16.6. The number of rotatable bonds is 8. The summed E-state index contributed by atoms with van der Waals surface area (Å²) < 4.78 is 5.86. The van der Waals surface area contributed by atoms with E-state index in [1.165, 1.54) is 36.1 Å². The first kappa shape index (κ1) is 20.0. The maximum atomic E-state index is 12.9. The zero-order valence-electron chi connectivity index (χ0n) is 15.0. The maximum absolute atomic E-state index is 12.9. The molecule has 144 valence electrons. The Hall–Kier alpha value is -3.27. The molecule has 0 fully saturated rings. The molecule has 2 N–H and O–H groups in total. The van der Waals surface area contributed by atoms with Crippen molar-refractivity contribution >= 4 is 17.4 Å². The Bertz CT molecular complexity index is 910. The van der Waals surface area contributed by atoms with Gasteiger partial charge in [0.1, 0.15) is 0 Å². The van der Waals surface area contributed by atoms with Crippen molar-refractivity contribution in [2.24, 2.45) is 4.99 Å². The summed E-state index contributed by atoms with van der Waals surface area (Å²) in [6, 6.07) is 5.43. The van der Waals surface area contributed by atoms with Gasteiger partial charge in [-0.1, -0.05) is 0 Å². The second kappa shape index (κ2) is 8.90. The van der Waals surface area contributed by atoms with Crippen molar-refractivity contribution in [2.45, 2.75) is 19.8 Å². The number of nitrogens with zero attached hydrogens (tertiary/aromatic N) is 3. The molecule has 10 heteroatoms. The van der Waals surface area contributed by atoms with Crippen molar-refractivity contribution in [3.05, 3.63) is 56.0 Å². The molecule has 0 atom stereocenters. The summed E-state index contributed by atoms with van der Waals surface area (Å²) in [4.78, 5) is 39.1. The van der Waals surface area contributed by atoms with E-state index < -0.39 is 16.5 Å². The minimum absolute atomic E-state index is 0.0219. The average Bonchev–Trinajstić information content (AvgIpc) is 2.97. The molecule has 0 aliphatic rings. The van der Waals surface area contributed by atoms with Crippen LogP contribution < -0.4 is 5.56 Å². The Morgan fingerprint density at radius 3 is 2.59 bits per heavy atom. The first-order valence-corrected chi connectivity index (χ1v) is 8.16. The highest BCUT2D eigenvalue weighted by Crippen LogP contribution is 2.15. The molecule has 0 aliphatic heterocycles. The highest BCUT2D eigenvalue weighted by molar-refractivity contribution is 6.00. The fraction of sp³-hybridized carbons (Fsp3) is 0.353. The van der Waals surface area contributed by atoms with Gasteiger partial charge in [-0.3, -0.25) is 29.8 Å². The maximum Gasteiger partial charge on any atom is 0.311 e. The van der Waals surface area contributed by atoms with Crippen LogP contribution in [0.5, 0.6) is 0 Å². The Balaban J connectivity index is 2.51. The van der Waals surface area contributed by atoms with Gasteiger partial charge in [0.25, 0.3) is 11.2 Å². The van der Waals surface area contributed by atoms with Crippen LogP contribution in [0.3, 0.4) is 0 Å². The lowest BCUT2D eigenvalue weighted by Crippen LogP contribution is -2.20. The predicted molar refractivity (Wildman–Crippen MR) is 97.5 cm³/mol. The summed E-state index contributed by atoms with van der Waals surface area (Å²) in [6.45, 7) is 1.96. The Labute approximate surface area is 154 Å². The number of hydrogen-bond donors (Lipinski definition) is 2. The van der Waals surface area contributed by atoms with Crippen molar-refractivity contribution in [1.29, 1.82) is 0 Å². The number of aliphatic imine (C=N–C) groups is 1. The van der Waals surface area contributed by atoms with Crippen molar-refractivity contribution in [2.75, 3.05) is 20.3 Å². The van der Waals surface area contributed by atoms with E-state index in [1.807, 2.05) is 0 Å². The number of H-pyrrole nitrogens is 1. The minimum Gasteiger partial charge on any atom is -0.469 e. The Morgan fingerprint density at radius 2 is 2.04 bits per heavy atom. The number of aliphatic hydroxyl groups excluding tert-OH is 1. The average molecular weight is 376 g/mol. The van der Waals surface area contributed by atoms with Crippen LogP contribution in [-0.4, -0.2) is 51.8 Å². The molecule has 0 spiro atoms. The van der Waals surface area contributed by atoms with Crippen LogP contribution >= 0.6 is 0 Å². The number of benzene rings is 1. The van der Waals surface area contributed by atoms with E-state index in [1.54, 1.807) is 6.92 Å². The molecule has 0 radical (unpaired) electrons. The first-order valence-electron chi connectivity index (χ1n) is 8.16. The van der Waals surface area contributed by atoms with Crippen LogP contribution in [0, 0.1) is 10.1 Å². The van der Waals surface area contributed by atoms with E-state index >= 15 is 0 Å². The van der Waals surface area contributed by atoms with E-state index in [-0.39, 0.29) is 24.3 Å². The summed E-state index contributed by atoms with van der Waals surface area (Å²) >= 11 is 0. The lowest BCUT2D eigenvalue weighted by Gasteiger charge is -2.02. The number of non-ortho nitro benzene ring substituents is 1. The fourth-order valence-electron chi connectivity index (χ4n) is 2.50. The molecule has 10 nitrogen and oxygen atoms in total. The highest BCUT2D eigenvalue weighted by Gasteiger charge is 2.20. The number of aliphatic hydroxyl groups is 1. The van der Waals surface area contributed by atoms with Gasteiger partial charge in [-0.25, -0.2) is 4.68 Å². The Kier molecular flexibility index (Phi) is 6.61. The minimum atomic E-state index is -0.534. The van der Waals surface area contributed by atoms with Crippen molar-refractivity contribution in [3.8, 4) is 5.69 Å². The van der Waals surface area contributed by atoms with E-state index in [0.717, 1.165) is 0 Å². The van der Waals surface area contributed by atoms with E-state index in [4.69, 9.17) is 5.11 Å². The smallest absolute Gasteiger partial charge is 0.311 e. The number of carbonyl (C=O) groups is 1. The zero-order valence-corrected chi connectivity index (χ0v) is 15.0. The number of esters is 1. The zero-order chi connectivity index (χ0) is 20.0. The molecule has 0 amide bonds. The van der Waals surface area contributed by atoms with Crippen LogP contribution in [-0.2, 0) is 16.0 Å². The molecule has 27 heavy (non-hydrogen) atoms. The second-order valence-corrected chi connectivity index (χ2v) is 5.68. The third kappa shape index (κ3) is 4.67. The van der Waals surface area contributed by atoms with Crippen LogP contribution in [0.25, 0.3) is 5.69 Å². The molecule has 0 saturated carbocycles. The van der Waals surface area contributed by atoms with Crippen LogP contribution in [0.2, 0.25) is 0 Å². The number of methoxy groups -OCH3 is 1. The molecule has 0 aliphatic carbocycles. The third-order valence-corrected chi connectivity index (χ3v) is 3.86. The van der Waals surface area contributed by atoms with E-state index in [9.17, 15) is 19.7 Å². The number of aromatic nitrogens is 2. The molecule has 0 unspecified atom stereocenters. The van der Waals surface area contributed by atoms with Gasteiger partial charge in [-0.05, 0) is 25.5 Å². The first-order chi connectivity index (χ1) is 12.9. The van der Waals surface area contributed by atoms with Crippen LogP contribution in [0.4, 0.5) is 5.69 Å². The number of nitro benzene ring substituents is 1. The van der Waals surface area contributed by atoms with Crippen molar-refractivity contribution in [3.63, 3.8) is 0 Å². The van der Waals surface area contributed by atoms with Crippen LogP contribution in [0.15, 0.2) is 34.1 Å². The molecule has 1 aromatic heterocycles. The molecule has 2 aromatic rings. The van der Waals surface area contributed by atoms with Crippen molar-refractivity contribution < 1.29 is 19.6 Å². The van der Waals surface area contributed by atoms with Crippen molar-refractivity contribution in [1.82, 2.24) is 9.78 Å². The predicted octanol–water partition coefficient (Wildman–Crippen LogP) is 0.981. The number of nitro groups is 1. The fourth-order valence-corrected chi connectivity index (χ4v) is 2.50. The summed E-state index contributed by atoms with van der Waals surface area (Å²) in [7, 11) is 1.25. The van der Waals surface area contributed by atoms with Gasteiger partial charge in [0.05, 0.1) is 35.4 Å². The topological polar surface area (TPSA) is 140 Å². The van der Waals surface area contributed by atoms with Gasteiger partial charge < -0.3 is 9.84 Å². The summed E-state index contributed by atoms with van der Waals surface area (Å²) in [5.41, 5.74) is 0.825. The molecule has 0 saturated heterocycles. The quantitative estimate of drug-likeness (QED) is 0.231. The SMILES string of the molecule is COC(=O)Cc1[nH]n(-c2ccc([N+](=O)[O-])cc2)c(=O)c1C(C)=NCCCO. The molecule has 1 heterocycles. The number of ether oxygens (including phenoxy) is 1. The molecular formula is C17H20N4O6. The number of carbonyl (C=O) groups excluding carboxylic acids is 1. The summed E-state index contributed by atoms with van der Waals surface area (Å²) in [5, 5.41) is 22.5. The normalized spacial score (nSPS) is 11.4. The molecular weight excluding hydrogens is 356 g/mol. The second-order valence-electron chi connectivity index (χ2n) is 5.68. The standard InChI is InChI=1S/C17H20N4O6/c1-11(18-8-3-9-22)16-14(10-15(23)27-2)19-20(17(16)24)12-4-6-13(7-5-12)21(25)26/h4-7,19,22H,3,8-10H2,1-2H3. The molecule has 1 aromatic carbocycles. The number of hydrogen-bond acceptors (Lipinski definition) is 7. The lowest BCUT2D eigenvalue weighted by atomic mass is 10.1. The Morgan fingerprint density at radius 1 is 1.37 bits per heavy atom. The number of aromatic amines is 1. The van der Waals surface area contributed by atoms with Gasteiger partial charge in [-0.15, -0.1) is 0 Å². The van der Waals surface area contributed by atoms with E-state index in [2.05, 4.69) is 14.8 Å². The van der Waals surface area contributed by atoms with E-state index in [0.29, 0.717) is 30.1 Å². The third-order valence-electron chi connectivity index (χ3n) is 3.86. The van der Waals surface area contributed by atoms with Gasteiger partial charge in [0, 0.05) is 31.0 Å². The monoisotopic (exact) mass is 376 g/mol.